The molecular weight excluding hydrogens is 389 g/mol. The molecule has 0 spiro atoms. The molecule has 5 rings (SSSR count). The molecule has 1 aromatic carbocycles. The van der Waals surface area contributed by atoms with Crippen LogP contribution in [0.4, 0.5) is 10.1 Å². The highest BCUT2D eigenvalue weighted by Gasteiger charge is 2.45. The van der Waals surface area contributed by atoms with E-state index in [-0.39, 0.29) is 36.3 Å². The minimum atomic E-state index is -1.88. The van der Waals surface area contributed by atoms with Crippen molar-refractivity contribution in [2.24, 2.45) is 0 Å². The van der Waals surface area contributed by atoms with Crippen LogP contribution in [0.5, 0.6) is 0 Å². The zero-order valence-electron chi connectivity index (χ0n) is 16.8. The Morgan fingerprint density at radius 3 is 2.70 bits per heavy atom. The molecule has 0 bridgehead atoms. The lowest BCUT2D eigenvalue weighted by atomic mass is 9.86. The van der Waals surface area contributed by atoms with Gasteiger partial charge in [-0.2, -0.15) is 0 Å². The van der Waals surface area contributed by atoms with Crippen LogP contribution in [-0.4, -0.2) is 20.6 Å². The molecule has 0 saturated heterocycles. The molecule has 1 atom stereocenters. The van der Waals surface area contributed by atoms with Gasteiger partial charge in [-0.3, -0.25) is 4.79 Å². The standard InChI is InChI=1S/C22H20FN3O4/c1-4-22(29)13-5-16-19-11(7-26(16)20(27)12(13)8-30-21(22)28)9(2)17-15(25-19)6-14(23)10(3)18(17)24/h5-6,29H,4,7-8,24H2,1-3H3/t22-/m0/s1. The Labute approximate surface area is 170 Å². The van der Waals surface area contributed by atoms with Gasteiger partial charge in [0.1, 0.15) is 12.4 Å². The third kappa shape index (κ3) is 2.14. The van der Waals surface area contributed by atoms with Gasteiger partial charge in [0.25, 0.3) is 5.56 Å². The van der Waals surface area contributed by atoms with Gasteiger partial charge in [0, 0.05) is 33.8 Å². The van der Waals surface area contributed by atoms with Gasteiger partial charge in [0.2, 0.25) is 0 Å². The monoisotopic (exact) mass is 409 g/mol. The van der Waals surface area contributed by atoms with Crippen molar-refractivity contribution in [3.05, 3.63) is 56.1 Å². The predicted molar refractivity (Wildman–Crippen MR) is 108 cm³/mol. The van der Waals surface area contributed by atoms with Crippen molar-refractivity contribution in [3.63, 3.8) is 0 Å². The van der Waals surface area contributed by atoms with Crippen molar-refractivity contribution < 1.29 is 19.0 Å². The number of esters is 1. The van der Waals surface area contributed by atoms with Crippen molar-refractivity contribution in [3.8, 4) is 11.4 Å². The first-order valence-electron chi connectivity index (χ1n) is 9.74. The first kappa shape index (κ1) is 18.7. The molecule has 30 heavy (non-hydrogen) atoms. The van der Waals surface area contributed by atoms with Crippen LogP contribution in [0.2, 0.25) is 0 Å². The third-order valence-corrected chi connectivity index (χ3v) is 6.50. The summed E-state index contributed by atoms with van der Waals surface area (Å²) < 4.78 is 20.9. The first-order chi connectivity index (χ1) is 14.2. The second-order valence-electron chi connectivity index (χ2n) is 7.96. The van der Waals surface area contributed by atoms with Gasteiger partial charge < -0.3 is 20.1 Å². The van der Waals surface area contributed by atoms with Crippen LogP contribution in [-0.2, 0) is 28.3 Å². The number of halogens is 1. The van der Waals surface area contributed by atoms with Crippen LogP contribution < -0.4 is 11.3 Å². The maximum absolute atomic E-state index is 14.3. The molecule has 7 nitrogen and oxygen atoms in total. The van der Waals surface area contributed by atoms with Crippen molar-refractivity contribution >= 4 is 22.6 Å². The number of fused-ring (bicyclic) bond motifs is 5. The van der Waals surface area contributed by atoms with E-state index in [0.29, 0.717) is 33.5 Å². The number of aryl methyl sites for hydroxylation is 1. The maximum Gasteiger partial charge on any atom is 0.343 e. The van der Waals surface area contributed by atoms with Crippen molar-refractivity contribution in [2.45, 2.75) is 45.9 Å². The highest BCUT2D eigenvalue weighted by atomic mass is 19.1. The molecule has 2 aliphatic rings. The Hall–Kier alpha value is -3.26. The van der Waals surface area contributed by atoms with Crippen LogP contribution in [0, 0.1) is 19.7 Å². The molecule has 0 saturated carbocycles. The molecule has 2 aromatic heterocycles. The summed E-state index contributed by atoms with van der Waals surface area (Å²) in [6.07, 6.45) is 0.0692. The van der Waals surface area contributed by atoms with E-state index in [1.54, 1.807) is 24.5 Å². The molecule has 4 heterocycles. The maximum atomic E-state index is 14.3. The average molecular weight is 409 g/mol. The van der Waals surface area contributed by atoms with E-state index in [1.807, 2.05) is 6.92 Å². The largest absolute Gasteiger partial charge is 0.458 e. The highest BCUT2D eigenvalue weighted by molar-refractivity contribution is 5.97. The fourth-order valence-electron chi connectivity index (χ4n) is 4.57. The van der Waals surface area contributed by atoms with Crippen LogP contribution in [0.1, 0.15) is 41.2 Å². The van der Waals surface area contributed by atoms with Gasteiger partial charge in [-0.15, -0.1) is 0 Å². The minimum absolute atomic E-state index is 0.0692. The molecular formula is C22H20FN3O4. The number of hydrogen-bond donors (Lipinski definition) is 2. The van der Waals surface area contributed by atoms with Gasteiger partial charge >= 0.3 is 5.97 Å². The van der Waals surface area contributed by atoms with Gasteiger partial charge in [-0.25, -0.2) is 14.2 Å². The zero-order valence-corrected chi connectivity index (χ0v) is 16.8. The number of rotatable bonds is 1. The molecule has 2 aliphatic heterocycles. The summed E-state index contributed by atoms with van der Waals surface area (Å²) in [6, 6.07) is 2.98. The topological polar surface area (TPSA) is 107 Å². The van der Waals surface area contributed by atoms with E-state index >= 15 is 0 Å². The molecule has 3 N–H and O–H groups in total. The minimum Gasteiger partial charge on any atom is -0.458 e. The summed E-state index contributed by atoms with van der Waals surface area (Å²) in [5.41, 5.74) is 8.22. The Balaban J connectivity index is 1.85. The molecule has 0 amide bonds. The van der Waals surface area contributed by atoms with Gasteiger partial charge in [-0.05, 0) is 31.9 Å². The van der Waals surface area contributed by atoms with Crippen LogP contribution in [0.25, 0.3) is 22.3 Å². The summed E-state index contributed by atoms with van der Waals surface area (Å²) in [5.74, 6) is -1.22. The van der Waals surface area contributed by atoms with Gasteiger partial charge in [-0.1, -0.05) is 6.92 Å². The number of nitrogen functional groups attached to an aromatic ring is 1. The number of carbonyl (C=O) groups excluding carboxylic acids is 1. The Morgan fingerprint density at radius 2 is 2.00 bits per heavy atom. The molecule has 8 heteroatoms. The summed E-state index contributed by atoms with van der Waals surface area (Å²) >= 11 is 0. The average Bonchev–Trinajstić information content (AvgIpc) is 3.09. The molecule has 154 valence electrons. The van der Waals surface area contributed by atoms with Gasteiger partial charge in [0.15, 0.2) is 5.60 Å². The second kappa shape index (κ2) is 5.89. The predicted octanol–water partition coefficient (Wildman–Crippen LogP) is 2.42. The van der Waals surface area contributed by atoms with Crippen LogP contribution in [0.3, 0.4) is 0 Å². The van der Waals surface area contributed by atoms with E-state index in [9.17, 15) is 19.1 Å². The zero-order chi connectivity index (χ0) is 21.5. The number of cyclic esters (lactones) is 1. The number of ether oxygens (including phenoxy) is 1. The lowest BCUT2D eigenvalue weighted by molar-refractivity contribution is -0.172. The number of aliphatic hydroxyl groups is 1. The van der Waals surface area contributed by atoms with E-state index in [0.717, 1.165) is 11.1 Å². The lowest BCUT2D eigenvalue weighted by Gasteiger charge is -2.31. The molecule has 0 radical (unpaired) electrons. The van der Waals surface area contributed by atoms with Crippen LogP contribution >= 0.6 is 0 Å². The van der Waals surface area contributed by atoms with Crippen molar-refractivity contribution in [2.75, 3.05) is 5.73 Å². The smallest absolute Gasteiger partial charge is 0.343 e. The lowest BCUT2D eigenvalue weighted by Crippen LogP contribution is -2.44. The molecule has 0 unspecified atom stereocenters. The molecule has 0 aliphatic carbocycles. The van der Waals surface area contributed by atoms with Crippen molar-refractivity contribution in [1.29, 1.82) is 0 Å². The number of benzene rings is 1. The number of pyridine rings is 2. The van der Waals surface area contributed by atoms with E-state index in [1.165, 1.54) is 6.07 Å². The normalized spacial score (nSPS) is 19.4. The van der Waals surface area contributed by atoms with Gasteiger partial charge in [0.05, 0.1) is 29.0 Å². The van der Waals surface area contributed by atoms with E-state index in [2.05, 4.69) is 4.98 Å². The number of anilines is 1. The summed E-state index contributed by atoms with van der Waals surface area (Å²) in [7, 11) is 0. The Morgan fingerprint density at radius 1 is 1.27 bits per heavy atom. The number of nitrogens with two attached hydrogens (primary N) is 1. The number of nitrogens with zero attached hydrogens (tertiary/aromatic N) is 2. The van der Waals surface area contributed by atoms with E-state index < -0.39 is 17.4 Å². The summed E-state index contributed by atoms with van der Waals surface area (Å²) in [4.78, 5) is 30.1. The Bertz CT molecular complexity index is 1360. The summed E-state index contributed by atoms with van der Waals surface area (Å²) in [5, 5.41) is 11.6. The number of aromatic nitrogens is 2. The number of carbonyl (C=O) groups is 1. The SMILES string of the molecule is CC[C@@]1(O)C(=O)OCc2c1cc1n(c2=O)Cc2c-1nc1cc(F)c(C)c(N)c1c2C. The van der Waals surface area contributed by atoms with Crippen LogP contribution in [0.15, 0.2) is 16.9 Å². The third-order valence-electron chi connectivity index (χ3n) is 6.50. The quantitative estimate of drug-likeness (QED) is 0.369. The number of hydrogen-bond acceptors (Lipinski definition) is 6. The van der Waals surface area contributed by atoms with E-state index in [4.69, 9.17) is 10.5 Å². The van der Waals surface area contributed by atoms with Crippen molar-refractivity contribution in [1.82, 2.24) is 9.55 Å². The first-order valence-corrected chi connectivity index (χ1v) is 9.74. The molecule has 3 aromatic rings. The second-order valence-corrected chi connectivity index (χ2v) is 7.96. The molecule has 0 fully saturated rings. The fraction of sp³-hybridized carbons (Fsp3) is 0.318. The highest BCUT2D eigenvalue weighted by Crippen LogP contribution is 2.41. The Kier molecular flexibility index (Phi) is 3.68. The fourth-order valence-corrected chi connectivity index (χ4v) is 4.57. The summed E-state index contributed by atoms with van der Waals surface area (Å²) in [6.45, 7) is 5.24.